The highest BCUT2D eigenvalue weighted by atomic mass is 79.9. The smallest absolute Gasteiger partial charge is 0.0354 e. The Morgan fingerprint density at radius 3 is 2.85 bits per heavy atom. The molecule has 0 radical (unpaired) electrons. The van der Waals surface area contributed by atoms with E-state index in [4.69, 9.17) is 0 Å². The minimum absolute atomic E-state index is 0.944. The molecule has 0 fully saturated rings. The maximum absolute atomic E-state index is 3.68. The molecule has 0 unspecified atom stereocenters. The average Bonchev–Trinajstić information content (AvgIpc) is 2.03. The molecule has 0 spiro atoms. The Balaban J connectivity index is 2.60. The van der Waals surface area contributed by atoms with Crippen LogP contribution < -0.4 is 5.32 Å². The molecule has 1 rings (SSSR count). The second kappa shape index (κ2) is 5.07. The Labute approximate surface area is 88.0 Å². The Kier molecular flexibility index (Phi) is 4.03. The van der Waals surface area contributed by atoms with Crippen LogP contribution >= 0.6 is 15.9 Å². The molecule has 13 heavy (non-hydrogen) atoms. The Bertz CT molecular complexity index is 274. The summed E-state index contributed by atoms with van der Waals surface area (Å²) in [6.45, 7) is 6.71. The van der Waals surface area contributed by atoms with Crippen molar-refractivity contribution in [2.75, 3.05) is 11.9 Å². The van der Waals surface area contributed by atoms with Crippen LogP contribution in [-0.2, 0) is 0 Å². The minimum Gasteiger partial charge on any atom is -0.385 e. The zero-order valence-electron chi connectivity index (χ0n) is 7.81. The zero-order chi connectivity index (χ0) is 9.68. The van der Waals surface area contributed by atoms with Gasteiger partial charge in [-0.05, 0) is 37.1 Å². The van der Waals surface area contributed by atoms with Crippen molar-refractivity contribution in [2.24, 2.45) is 0 Å². The fraction of sp³-hybridized carbons (Fsp3) is 0.273. The molecule has 1 N–H and O–H groups in total. The van der Waals surface area contributed by atoms with Crippen LogP contribution in [0.4, 0.5) is 5.69 Å². The summed E-state index contributed by atoms with van der Waals surface area (Å²) in [5.74, 6) is 0. The topological polar surface area (TPSA) is 12.0 Å². The molecular formula is C11H14BrN. The molecule has 0 saturated heterocycles. The first kappa shape index (κ1) is 10.3. The molecule has 0 aromatic heterocycles. The lowest BCUT2D eigenvalue weighted by Crippen LogP contribution is -1.99. The quantitative estimate of drug-likeness (QED) is 0.624. The van der Waals surface area contributed by atoms with E-state index in [2.05, 4.69) is 52.9 Å². The minimum atomic E-state index is 0.944. The number of benzene rings is 1. The molecule has 0 aliphatic carbocycles. The number of aryl methyl sites for hydroxylation is 1. The van der Waals surface area contributed by atoms with Crippen molar-refractivity contribution in [2.45, 2.75) is 13.3 Å². The summed E-state index contributed by atoms with van der Waals surface area (Å²) < 4.78 is 1.12. The van der Waals surface area contributed by atoms with Crippen molar-refractivity contribution >= 4 is 21.6 Å². The average molecular weight is 240 g/mol. The van der Waals surface area contributed by atoms with Crippen LogP contribution in [-0.4, -0.2) is 6.54 Å². The lowest BCUT2D eigenvalue weighted by molar-refractivity contribution is 1.07. The van der Waals surface area contributed by atoms with Gasteiger partial charge >= 0.3 is 0 Å². The third kappa shape index (κ3) is 3.64. The summed E-state index contributed by atoms with van der Waals surface area (Å²) in [7, 11) is 0. The van der Waals surface area contributed by atoms with Gasteiger partial charge in [0.1, 0.15) is 0 Å². The Morgan fingerprint density at radius 2 is 2.23 bits per heavy atom. The van der Waals surface area contributed by atoms with Gasteiger partial charge in [-0.3, -0.25) is 0 Å². The molecule has 0 amide bonds. The van der Waals surface area contributed by atoms with Gasteiger partial charge in [0.15, 0.2) is 0 Å². The van der Waals surface area contributed by atoms with Crippen molar-refractivity contribution in [1.29, 1.82) is 0 Å². The molecule has 0 atom stereocenters. The van der Waals surface area contributed by atoms with Gasteiger partial charge in [-0.25, -0.2) is 0 Å². The summed E-state index contributed by atoms with van der Waals surface area (Å²) in [6, 6.07) is 6.31. The van der Waals surface area contributed by atoms with Crippen LogP contribution in [0.5, 0.6) is 0 Å². The Morgan fingerprint density at radius 1 is 1.46 bits per heavy atom. The molecule has 1 aromatic rings. The van der Waals surface area contributed by atoms with E-state index in [9.17, 15) is 0 Å². The number of anilines is 1. The van der Waals surface area contributed by atoms with Crippen molar-refractivity contribution < 1.29 is 0 Å². The molecule has 1 nitrogen and oxygen atoms in total. The maximum Gasteiger partial charge on any atom is 0.0354 e. The van der Waals surface area contributed by atoms with E-state index in [0.717, 1.165) is 23.1 Å². The lowest BCUT2D eigenvalue weighted by Gasteiger charge is -2.06. The SMILES string of the molecule is C=CCCNc1cc(C)cc(Br)c1. The number of halogens is 1. The molecule has 0 saturated carbocycles. The first-order valence-corrected chi connectivity index (χ1v) is 5.13. The van der Waals surface area contributed by atoms with Crippen molar-refractivity contribution in [3.05, 3.63) is 40.9 Å². The highest BCUT2D eigenvalue weighted by Crippen LogP contribution is 2.18. The first-order valence-electron chi connectivity index (χ1n) is 4.34. The van der Waals surface area contributed by atoms with Crippen molar-refractivity contribution in [3.63, 3.8) is 0 Å². The van der Waals surface area contributed by atoms with E-state index in [-0.39, 0.29) is 0 Å². The maximum atomic E-state index is 3.68. The molecule has 2 heteroatoms. The fourth-order valence-electron chi connectivity index (χ4n) is 1.16. The highest BCUT2D eigenvalue weighted by molar-refractivity contribution is 9.10. The lowest BCUT2D eigenvalue weighted by atomic mass is 10.2. The van der Waals surface area contributed by atoms with Gasteiger partial charge in [-0.1, -0.05) is 22.0 Å². The first-order chi connectivity index (χ1) is 6.22. The summed E-state index contributed by atoms with van der Waals surface area (Å²) in [5, 5.41) is 3.33. The monoisotopic (exact) mass is 239 g/mol. The van der Waals surface area contributed by atoms with E-state index in [1.807, 2.05) is 6.08 Å². The second-order valence-electron chi connectivity index (χ2n) is 3.02. The molecule has 70 valence electrons. The standard InChI is InChI=1S/C11H14BrN/c1-3-4-5-13-11-7-9(2)6-10(12)8-11/h3,6-8,13H,1,4-5H2,2H3. The van der Waals surface area contributed by atoms with Gasteiger partial charge in [-0.2, -0.15) is 0 Å². The Hall–Kier alpha value is -0.760. The predicted octanol–water partition coefficient (Wildman–Crippen LogP) is 3.75. The van der Waals surface area contributed by atoms with Gasteiger partial charge in [0.05, 0.1) is 0 Å². The van der Waals surface area contributed by atoms with Crippen molar-refractivity contribution in [1.82, 2.24) is 0 Å². The van der Waals surface area contributed by atoms with E-state index in [0.29, 0.717) is 0 Å². The van der Waals surface area contributed by atoms with Crippen LogP contribution in [0.2, 0.25) is 0 Å². The number of nitrogens with one attached hydrogen (secondary N) is 1. The molecule has 0 aliphatic rings. The fourth-order valence-corrected chi connectivity index (χ4v) is 1.76. The third-order valence-corrected chi connectivity index (χ3v) is 2.18. The van der Waals surface area contributed by atoms with Crippen LogP contribution in [0, 0.1) is 6.92 Å². The highest BCUT2D eigenvalue weighted by Gasteiger charge is 1.94. The molecule has 0 bridgehead atoms. The van der Waals surface area contributed by atoms with Crippen LogP contribution in [0.25, 0.3) is 0 Å². The van der Waals surface area contributed by atoms with Gasteiger partial charge in [-0.15, -0.1) is 6.58 Å². The van der Waals surface area contributed by atoms with Crippen LogP contribution in [0.15, 0.2) is 35.3 Å². The molecular weight excluding hydrogens is 226 g/mol. The zero-order valence-corrected chi connectivity index (χ0v) is 9.39. The second-order valence-corrected chi connectivity index (χ2v) is 3.94. The van der Waals surface area contributed by atoms with Gasteiger partial charge in [0.25, 0.3) is 0 Å². The summed E-state index contributed by atoms with van der Waals surface area (Å²) in [5.41, 5.74) is 2.42. The van der Waals surface area contributed by atoms with E-state index in [1.54, 1.807) is 0 Å². The van der Waals surface area contributed by atoms with E-state index >= 15 is 0 Å². The predicted molar refractivity (Wildman–Crippen MR) is 62.2 cm³/mol. The number of rotatable bonds is 4. The third-order valence-electron chi connectivity index (χ3n) is 1.72. The van der Waals surface area contributed by atoms with Gasteiger partial charge < -0.3 is 5.32 Å². The van der Waals surface area contributed by atoms with E-state index < -0.39 is 0 Å². The summed E-state index contributed by atoms with van der Waals surface area (Å²) in [6.07, 6.45) is 2.91. The van der Waals surface area contributed by atoms with Crippen molar-refractivity contribution in [3.8, 4) is 0 Å². The summed E-state index contributed by atoms with van der Waals surface area (Å²) >= 11 is 3.46. The number of hydrogen-bond donors (Lipinski definition) is 1. The molecule has 0 aliphatic heterocycles. The largest absolute Gasteiger partial charge is 0.385 e. The van der Waals surface area contributed by atoms with Gasteiger partial charge in [0, 0.05) is 16.7 Å². The van der Waals surface area contributed by atoms with Gasteiger partial charge in [0.2, 0.25) is 0 Å². The normalized spacial score (nSPS) is 9.69. The van der Waals surface area contributed by atoms with Crippen LogP contribution in [0.3, 0.4) is 0 Å². The van der Waals surface area contributed by atoms with E-state index in [1.165, 1.54) is 5.56 Å². The molecule has 1 aromatic carbocycles. The number of hydrogen-bond acceptors (Lipinski definition) is 1. The summed E-state index contributed by atoms with van der Waals surface area (Å²) in [4.78, 5) is 0. The molecule has 0 heterocycles. The van der Waals surface area contributed by atoms with Crippen LogP contribution in [0.1, 0.15) is 12.0 Å².